The summed E-state index contributed by atoms with van der Waals surface area (Å²) in [6, 6.07) is 4.00. The van der Waals surface area contributed by atoms with E-state index in [9.17, 15) is 0 Å². The summed E-state index contributed by atoms with van der Waals surface area (Å²) in [5.41, 5.74) is 1.05. The smallest absolute Gasteiger partial charge is 0.137 e. The summed E-state index contributed by atoms with van der Waals surface area (Å²) >= 11 is 0. The second-order valence-electron chi connectivity index (χ2n) is 4.25. The van der Waals surface area contributed by atoms with E-state index in [1.54, 1.807) is 6.20 Å². The van der Waals surface area contributed by atoms with Crippen LogP contribution in [0.15, 0.2) is 31.0 Å². The first kappa shape index (κ1) is 14.7. The summed E-state index contributed by atoms with van der Waals surface area (Å²) in [5, 5.41) is 3.24. The Balaban J connectivity index is 2.16. The molecule has 0 saturated carbocycles. The number of hydrogen-bond donors (Lipinski definition) is 1. The van der Waals surface area contributed by atoms with E-state index < -0.39 is 0 Å². The number of pyridine rings is 1. The van der Waals surface area contributed by atoms with Crippen LogP contribution in [0, 0.1) is 0 Å². The molecule has 0 bridgehead atoms. The number of allylic oxidation sites excluding steroid dienone is 1. The molecule has 1 N–H and O–H groups in total. The van der Waals surface area contributed by atoms with Crippen LogP contribution in [-0.2, 0) is 6.54 Å². The lowest BCUT2D eigenvalue weighted by molar-refractivity contribution is 0.304. The van der Waals surface area contributed by atoms with Gasteiger partial charge in [-0.1, -0.05) is 13.0 Å². The first-order valence-electron chi connectivity index (χ1n) is 6.76. The van der Waals surface area contributed by atoms with Crippen molar-refractivity contribution in [2.24, 2.45) is 0 Å². The molecule has 0 fully saturated rings. The van der Waals surface area contributed by atoms with Crippen molar-refractivity contribution in [1.82, 2.24) is 10.3 Å². The zero-order valence-electron chi connectivity index (χ0n) is 11.3. The average molecular weight is 248 g/mol. The van der Waals surface area contributed by atoms with Crippen LogP contribution in [0.5, 0.6) is 5.75 Å². The molecule has 0 aliphatic carbocycles. The third kappa shape index (κ3) is 6.40. The monoisotopic (exact) mass is 248 g/mol. The molecule has 0 aliphatic rings. The third-order valence-electron chi connectivity index (χ3n) is 2.68. The number of unbranched alkanes of at least 4 members (excludes halogenated alkanes) is 3. The van der Waals surface area contributed by atoms with Gasteiger partial charge in [0.05, 0.1) is 18.5 Å². The summed E-state index contributed by atoms with van der Waals surface area (Å²) in [5.74, 6) is 0.860. The molecule has 1 rings (SSSR count). The lowest BCUT2D eigenvalue weighted by Gasteiger charge is -2.06. The van der Waals surface area contributed by atoms with Gasteiger partial charge < -0.3 is 10.1 Å². The van der Waals surface area contributed by atoms with Crippen molar-refractivity contribution in [2.75, 3.05) is 13.2 Å². The van der Waals surface area contributed by atoms with E-state index in [0.29, 0.717) is 0 Å². The lowest BCUT2D eigenvalue weighted by atomic mass is 10.2. The van der Waals surface area contributed by atoms with Gasteiger partial charge in [0.1, 0.15) is 5.75 Å². The maximum Gasteiger partial charge on any atom is 0.137 e. The van der Waals surface area contributed by atoms with Gasteiger partial charge in [0.2, 0.25) is 0 Å². The maximum absolute atomic E-state index is 5.64. The van der Waals surface area contributed by atoms with E-state index in [-0.39, 0.29) is 0 Å². The zero-order chi connectivity index (χ0) is 13.1. The minimum atomic E-state index is 0.769. The molecule has 3 heteroatoms. The molecule has 100 valence electrons. The second kappa shape index (κ2) is 9.66. The quantitative estimate of drug-likeness (QED) is 0.509. The minimum absolute atomic E-state index is 0.769. The van der Waals surface area contributed by atoms with Gasteiger partial charge in [0.25, 0.3) is 0 Å². The molecule has 0 amide bonds. The van der Waals surface area contributed by atoms with E-state index in [1.807, 2.05) is 18.2 Å². The van der Waals surface area contributed by atoms with Gasteiger partial charge in [-0.3, -0.25) is 4.98 Å². The summed E-state index contributed by atoms with van der Waals surface area (Å²) in [6.45, 7) is 8.35. The largest absolute Gasteiger partial charge is 0.492 e. The molecule has 3 nitrogen and oxygen atoms in total. The van der Waals surface area contributed by atoms with Gasteiger partial charge >= 0.3 is 0 Å². The van der Waals surface area contributed by atoms with Crippen molar-refractivity contribution in [1.29, 1.82) is 0 Å². The highest BCUT2D eigenvalue weighted by Crippen LogP contribution is 2.10. The van der Waals surface area contributed by atoms with Crippen molar-refractivity contribution >= 4 is 0 Å². The van der Waals surface area contributed by atoms with Crippen LogP contribution >= 0.6 is 0 Å². The van der Waals surface area contributed by atoms with Crippen molar-refractivity contribution < 1.29 is 4.74 Å². The van der Waals surface area contributed by atoms with Crippen molar-refractivity contribution in [3.63, 3.8) is 0 Å². The maximum atomic E-state index is 5.64. The minimum Gasteiger partial charge on any atom is -0.492 e. The van der Waals surface area contributed by atoms with Gasteiger partial charge in [0, 0.05) is 6.54 Å². The summed E-state index contributed by atoms with van der Waals surface area (Å²) < 4.78 is 5.64. The number of nitrogens with one attached hydrogen (secondary N) is 1. The van der Waals surface area contributed by atoms with Gasteiger partial charge in [-0.2, -0.15) is 0 Å². The molecule has 0 aromatic carbocycles. The first-order chi connectivity index (χ1) is 8.86. The molecular formula is C15H24N2O. The van der Waals surface area contributed by atoms with Crippen LogP contribution in [0.4, 0.5) is 0 Å². The molecule has 0 atom stereocenters. The number of hydrogen-bond acceptors (Lipinski definition) is 3. The molecule has 0 radical (unpaired) electrons. The van der Waals surface area contributed by atoms with E-state index in [1.165, 1.54) is 12.8 Å². The molecule has 1 heterocycles. The first-order valence-corrected chi connectivity index (χ1v) is 6.76. The fourth-order valence-electron chi connectivity index (χ4n) is 1.61. The molecule has 0 aliphatic heterocycles. The van der Waals surface area contributed by atoms with Crippen molar-refractivity contribution in [3.8, 4) is 5.75 Å². The summed E-state index contributed by atoms with van der Waals surface area (Å²) in [6.07, 6.45) is 8.35. The van der Waals surface area contributed by atoms with Crippen LogP contribution in [0.2, 0.25) is 0 Å². The topological polar surface area (TPSA) is 34.1 Å². The predicted octanol–water partition coefficient (Wildman–Crippen LogP) is 3.32. The number of rotatable bonds is 10. The lowest BCUT2D eigenvalue weighted by Crippen LogP contribution is -2.12. The van der Waals surface area contributed by atoms with Gasteiger partial charge in [-0.25, -0.2) is 0 Å². The Kier molecular flexibility index (Phi) is 7.89. The Bertz CT molecular complexity index is 322. The Morgan fingerprint density at radius 2 is 2.22 bits per heavy atom. The van der Waals surface area contributed by atoms with Crippen LogP contribution in [0.1, 0.15) is 38.3 Å². The highest BCUT2D eigenvalue weighted by Gasteiger charge is 1.96. The summed E-state index contributed by atoms with van der Waals surface area (Å²) in [7, 11) is 0. The van der Waals surface area contributed by atoms with E-state index >= 15 is 0 Å². The Labute approximate surface area is 110 Å². The van der Waals surface area contributed by atoms with E-state index in [2.05, 4.69) is 23.8 Å². The van der Waals surface area contributed by atoms with Crippen LogP contribution < -0.4 is 10.1 Å². The van der Waals surface area contributed by atoms with E-state index in [4.69, 9.17) is 4.74 Å². The van der Waals surface area contributed by atoms with Gasteiger partial charge in [-0.15, -0.1) is 6.58 Å². The summed E-state index contributed by atoms with van der Waals surface area (Å²) in [4.78, 5) is 4.34. The Morgan fingerprint density at radius 1 is 1.33 bits per heavy atom. The molecule has 18 heavy (non-hydrogen) atoms. The van der Waals surface area contributed by atoms with Crippen LogP contribution in [0.25, 0.3) is 0 Å². The molecule has 0 unspecified atom stereocenters. The highest BCUT2D eigenvalue weighted by molar-refractivity contribution is 5.19. The fraction of sp³-hybridized carbons (Fsp3) is 0.533. The molecular weight excluding hydrogens is 224 g/mol. The predicted molar refractivity (Wildman–Crippen MR) is 75.8 cm³/mol. The Morgan fingerprint density at radius 3 is 2.89 bits per heavy atom. The SMILES string of the molecule is C=CCCCCCOc1ccc(CNCC)nc1. The van der Waals surface area contributed by atoms with Crippen molar-refractivity contribution in [3.05, 3.63) is 36.7 Å². The highest BCUT2D eigenvalue weighted by atomic mass is 16.5. The van der Waals surface area contributed by atoms with E-state index in [0.717, 1.165) is 44.0 Å². The fourth-order valence-corrected chi connectivity index (χ4v) is 1.61. The standard InChI is InChI=1S/C15H24N2O/c1-3-5-6-7-8-11-18-15-10-9-14(17-13-15)12-16-4-2/h3,9-10,13,16H,1,4-8,11-12H2,2H3. The average Bonchev–Trinajstić information content (AvgIpc) is 2.42. The Hall–Kier alpha value is -1.35. The molecule has 1 aromatic heterocycles. The van der Waals surface area contributed by atoms with Crippen LogP contribution in [-0.4, -0.2) is 18.1 Å². The van der Waals surface area contributed by atoms with Crippen LogP contribution in [0.3, 0.4) is 0 Å². The molecule has 0 spiro atoms. The number of ether oxygens (including phenoxy) is 1. The molecule has 1 aromatic rings. The third-order valence-corrected chi connectivity index (χ3v) is 2.68. The van der Waals surface area contributed by atoms with Gasteiger partial charge in [0.15, 0.2) is 0 Å². The number of nitrogens with zero attached hydrogens (tertiary/aromatic N) is 1. The number of aromatic nitrogens is 1. The molecule has 0 saturated heterocycles. The van der Waals surface area contributed by atoms with Crippen molar-refractivity contribution in [2.45, 2.75) is 39.2 Å². The zero-order valence-corrected chi connectivity index (χ0v) is 11.3. The van der Waals surface area contributed by atoms with Gasteiger partial charge in [-0.05, 0) is 44.4 Å². The normalized spacial score (nSPS) is 10.3. The second-order valence-corrected chi connectivity index (χ2v) is 4.25.